The molecule has 1 unspecified atom stereocenters. The van der Waals surface area contributed by atoms with Gasteiger partial charge < -0.3 is 10.6 Å². The van der Waals surface area contributed by atoms with Crippen molar-refractivity contribution in [3.05, 3.63) is 23.5 Å². The van der Waals surface area contributed by atoms with Gasteiger partial charge in [-0.05, 0) is 26.1 Å². The fourth-order valence-electron chi connectivity index (χ4n) is 0.851. The second-order valence-electron chi connectivity index (χ2n) is 2.84. The lowest BCUT2D eigenvalue weighted by atomic mass is 10.3. The van der Waals surface area contributed by atoms with Gasteiger partial charge in [-0.2, -0.15) is 0 Å². The highest BCUT2D eigenvalue weighted by Crippen LogP contribution is 2.17. The van der Waals surface area contributed by atoms with E-state index >= 15 is 0 Å². The number of likely N-dealkylation sites (N-methyl/N-ethyl adjacent to an activating group) is 1. The molecule has 0 fully saturated rings. The molecule has 1 amide bonds. The van der Waals surface area contributed by atoms with Gasteiger partial charge in [-0.3, -0.25) is 4.79 Å². The van der Waals surface area contributed by atoms with Crippen LogP contribution in [0.25, 0.3) is 0 Å². The van der Waals surface area contributed by atoms with Crippen LogP contribution in [0.3, 0.4) is 0 Å². The maximum absolute atomic E-state index is 11.4. The van der Waals surface area contributed by atoms with E-state index in [1.165, 1.54) is 0 Å². The number of hydrogen-bond donors (Lipinski definition) is 2. The summed E-state index contributed by atoms with van der Waals surface area (Å²) in [5.74, 6) is -0.137. The maximum Gasteiger partial charge on any atom is 0.241 e. The predicted octanol–water partition coefficient (Wildman–Crippen LogP) is 1.28. The van der Waals surface area contributed by atoms with Gasteiger partial charge in [0, 0.05) is 6.20 Å². The van der Waals surface area contributed by atoms with Gasteiger partial charge in [-0.1, -0.05) is 11.6 Å². The summed E-state index contributed by atoms with van der Waals surface area (Å²) in [5.41, 5.74) is 0.529. The van der Waals surface area contributed by atoms with Crippen LogP contribution >= 0.6 is 11.6 Å². The number of carbonyl (C=O) groups is 1. The molecule has 76 valence electrons. The summed E-state index contributed by atoms with van der Waals surface area (Å²) < 4.78 is 0. The molecule has 5 heteroatoms. The molecule has 0 spiro atoms. The summed E-state index contributed by atoms with van der Waals surface area (Å²) in [6.07, 6.45) is 1.57. The molecule has 14 heavy (non-hydrogen) atoms. The highest BCUT2D eigenvalue weighted by Gasteiger charge is 2.11. The molecule has 1 aromatic heterocycles. The Morgan fingerprint density at radius 1 is 1.64 bits per heavy atom. The topological polar surface area (TPSA) is 54.0 Å². The van der Waals surface area contributed by atoms with E-state index in [2.05, 4.69) is 15.6 Å². The Kier molecular flexibility index (Phi) is 3.85. The Morgan fingerprint density at radius 3 is 2.93 bits per heavy atom. The minimum atomic E-state index is -0.258. The van der Waals surface area contributed by atoms with Crippen molar-refractivity contribution in [1.82, 2.24) is 10.3 Å². The monoisotopic (exact) mass is 213 g/mol. The second-order valence-corrected chi connectivity index (χ2v) is 3.20. The maximum atomic E-state index is 11.4. The van der Waals surface area contributed by atoms with Crippen LogP contribution in [0.5, 0.6) is 0 Å². The van der Waals surface area contributed by atoms with Crippen LogP contribution in [-0.4, -0.2) is 24.0 Å². The van der Waals surface area contributed by atoms with Crippen LogP contribution in [0.2, 0.25) is 5.15 Å². The average Bonchev–Trinajstić information content (AvgIpc) is 2.20. The zero-order chi connectivity index (χ0) is 10.6. The van der Waals surface area contributed by atoms with E-state index in [4.69, 9.17) is 11.6 Å². The van der Waals surface area contributed by atoms with Gasteiger partial charge in [0.25, 0.3) is 0 Å². The first kappa shape index (κ1) is 10.9. The number of amides is 1. The summed E-state index contributed by atoms with van der Waals surface area (Å²) in [4.78, 5) is 15.3. The molecule has 2 N–H and O–H groups in total. The highest BCUT2D eigenvalue weighted by molar-refractivity contribution is 6.32. The van der Waals surface area contributed by atoms with Crippen molar-refractivity contribution in [2.24, 2.45) is 0 Å². The third-order valence-electron chi connectivity index (χ3n) is 1.84. The molecule has 1 heterocycles. The van der Waals surface area contributed by atoms with Crippen LogP contribution in [0.1, 0.15) is 6.92 Å². The number of carbonyl (C=O) groups excluding carboxylic acids is 1. The number of halogens is 1. The van der Waals surface area contributed by atoms with Gasteiger partial charge in [0.05, 0.1) is 11.7 Å². The Morgan fingerprint density at radius 2 is 2.36 bits per heavy atom. The molecule has 0 bridgehead atoms. The van der Waals surface area contributed by atoms with Gasteiger partial charge in [0.2, 0.25) is 5.91 Å². The molecule has 0 aromatic carbocycles. The van der Waals surface area contributed by atoms with E-state index < -0.39 is 0 Å². The summed E-state index contributed by atoms with van der Waals surface area (Å²) >= 11 is 5.77. The van der Waals surface area contributed by atoms with Crippen molar-refractivity contribution in [3.8, 4) is 0 Å². The molecule has 4 nitrogen and oxygen atoms in total. The van der Waals surface area contributed by atoms with E-state index in [0.29, 0.717) is 10.8 Å². The Labute approximate surface area is 87.7 Å². The summed E-state index contributed by atoms with van der Waals surface area (Å²) in [7, 11) is 1.72. The van der Waals surface area contributed by atoms with Crippen molar-refractivity contribution in [1.29, 1.82) is 0 Å². The molecule has 0 radical (unpaired) electrons. The minimum Gasteiger partial charge on any atom is -0.322 e. The first-order chi connectivity index (χ1) is 6.65. The van der Waals surface area contributed by atoms with Crippen molar-refractivity contribution in [2.75, 3.05) is 12.4 Å². The molecule has 0 aliphatic rings. The summed E-state index contributed by atoms with van der Waals surface area (Å²) in [6.45, 7) is 1.76. The number of nitrogens with one attached hydrogen (secondary N) is 2. The zero-order valence-corrected chi connectivity index (χ0v) is 8.80. The highest BCUT2D eigenvalue weighted by atomic mass is 35.5. The molecule has 1 atom stereocenters. The molecular formula is C9H12ClN3O. The third-order valence-corrected chi connectivity index (χ3v) is 2.14. The lowest BCUT2D eigenvalue weighted by molar-refractivity contribution is -0.117. The van der Waals surface area contributed by atoms with Crippen LogP contribution in [0, 0.1) is 0 Å². The number of aromatic nitrogens is 1. The number of hydrogen-bond acceptors (Lipinski definition) is 3. The van der Waals surface area contributed by atoms with E-state index in [1.54, 1.807) is 32.3 Å². The molecule has 0 aliphatic carbocycles. The normalized spacial score (nSPS) is 12.2. The van der Waals surface area contributed by atoms with Crippen molar-refractivity contribution < 1.29 is 4.79 Å². The van der Waals surface area contributed by atoms with E-state index in [-0.39, 0.29) is 11.9 Å². The minimum absolute atomic E-state index is 0.137. The Bertz CT molecular complexity index is 330. The SMILES string of the molecule is CNC(C)C(=O)Nc1cccnc1Cl. The lowest BCUT2D eigenvalue weighted by Crippen LogP contribution is -2.35. The number of rotatable bonds is 3. The summed E-state index contributed by atoms with van der Waals surface area (Å²) in [6, 6.07) is 3.16. The molecular weight excluding hydrogens is 202 g/mol. The predicted molar refractivity (Wildman–Crippen MR) is 56.4 cm³/mol. The Balaban J connectivity index is 2.70. The van der Waals surface area contributed by atoms with Crippen LogP contribution in [0.15, 0.2) is 18.3 Å². The van der Waals surface area contributed by atoms with Crippen molar-refractivity contribution >= 4 is 23.2 Å². The average molecular weight is 214 g/mol. The van der Waals surface area contributed by atoms with Gasteiger partial charge in [0.15, 0.2) is 5.15 Å². The molecule has 1 rings (SSSR count). The first-order valence-corrected chi connectivity index (χ1v) is 4.61. The van der Waals surface area contributed by atoms with Crippen molar-refractivity contribution in [3.63, 3.8) is 0 Å². The fraction of sp³-hybridized carbons (Fsp3) is 0.333. The van der Waals surface area contributed by atoms with Crippen LogP contribution in [0.4, 0.5) is 5.69 Å². The van der Waals surface area contributed by atoms with Gasteiger partial charge in [-0.25, -0.2) is 4.98 Å². The van der Waals surface area contributed by atoms with E-state index in [0.717, 1.165) is 0 Å². The summed E-state index contributed by atoms with van der Waals surface area (Å²) in [5, 5.41) is 5.79. The molecule has 0 saturated heterocycles. The van der Waals surface area contributed by atoms with Gasteiger partial charge >= 0.3 is 0 Å². The number of pyridine rings is 1. The second kappa shape index (κ2) is 4.93. The van der Waals surface area contributed by atoms with Crippen LogP contribution < -0.4 is 10.6 Å². The molecule has 1 aromatic rings. The molecule has 0 saturated carbocycles. The van der Waals surface area contributed by atoms with E-state index in [1.807, 2.05) is 0 Å². The van der Waals surface area contributed by atoms with Crippen LogP contribution in [-0.2, 0) is 4.79 Å². The van der Waals surface area contributed by atoms with Gasteiger partial charge in [-0.15, -0.1) is 0 Å². The van der Waals surface area contributed by atoms with E-state index in [9.17, 15) is 4.79 Å². The van der Waals surface area contributed by atoms with Gasteiger partial charge in [0.1, 0.15) is 0 Å². The molecule has 0 aliphatic heterocycles. The fourth-order valence-corrected chi connectivity index (χ4v) is 1.02. The smallest absolute Gasteiger partial charge is 0.241 e. The largest absolute Gasteiger partial charge is 0.322 e. The lowest BCUT2D eigenvalue weighted by Gasteiger charge is -2.11. The standard InChI is InChI=1S/C9H12ClN3O/c1-6(11-2)9(14)13-7-4-3-5-12-8(7)10/h3-6,11H,1-2H3,(H,13,14). The quantitative estimate of drug-likeness (QED) is 0.744. The Hall–Kier alpha value is -1.13. The number of anilines is 1. The number of nitrogens with zero attached hydrogens (tertiary/aromatic N) is 1. The third kappa shape index (κ3) is 2.68. The zero-order valence-electron chi connectivity index (χ0n) is 8.04. The van der Waals surface area contributed by atoms with Crippen molar-refractivity contribution in [2.45, 2.75) is 13.0 Å². The first-order valence-electron chi connectivity index (χ1n) is 4.23.